The average molecular weight is 195 g/mol. The summed E-state index contributed by atoms with van der Waals surface area (Å²) in [4.78, 5) is 24.4. The molecular weight excluding hydrogens is 182 g/mol. The number of H-pyrrole nitrogens is 1. The number of nitrogens with one attached hydrogen (secondary N) is 1. The van der Waals surface area contributed by atoms with Gasteiger partial charge in [0.15, 0.2) is 0 Å². The van der Waals surface area contributed by atoms with E-state index < -0.39 is 0 Å². The highest BCUT2D eigenvalue weighted by atomic mass is 16.2. The molecule has 0 bridgehead atoms. The van der Waals surface area contributed by atoms with Gasteiger partial charge in [-0.2, -0.15) is 0 Å². The molecule has 1 amide bonds. The van der Waals surface area contributed by atoms with Gasteiger partial charge in [0, 0.05) is 32.6 Å². The quantitative estimate of drug-likeness (QED) is 0.613. The van der Waals surface area contributed by atoms with Crippen molar-refractivity contribution in [3.63, 3.8) is 0 Å². The summed E-state index contributed by atoms with van der Waals surface area (Å²) in [7, 11) is 1.69. The maximum absolute atomic E-state index is 11.6. The molecule has 1 aromatic rings. The van der Waals surface area contributed by atoms with Crippen LogP contribution in [0.1, 0.15) is 18.2 Å². The highest BCUT2D eigenvalue weighted by Crippen LogP contribution is 2.13. The molecule has 0 spiro atoms. The lowest BCUT2D eigenvalue weighted by Crippen LogP contribution is -2.36. The first kappa shape index (κ1) is 9.05. The van der Waals surface area contributed by atoms with E-state index >= 15 is 0 Å². The topological polar surface area (TPSA) is 58.1 Å². The number of rotatable bonds is 0. The van der Waals surface area contributed by atoms with Gasteiger partial charge in [0.05, 0.1) is 12.1 Å². The molecule has 0 radical (unpaired) electrons. The lowest BCUT2D eigenvalue weighted by molar-refractivity contribution is -0.129. The molecule has 1 aliphatic rings. The normalized spacial score (nSPS) is 15.4. The molecular formula is C9H13N3O2. The Bertz CT molecular complexity index is 430. The van der Waals surface area contributed by atoms with Crippen molar-refractivity contribution < 1.29 is 4.79 Å². The minimum Gasteiger partial charge on any atom is -0.338 e. The van der Waals surface area contributed by atoms with Crippen LogP contribution in [0.5, 0.6) is 0 Å². The van der Waals surface area contributed by atoms with Crippen molar-refractivity contribution in [2.45, 2.75) is 19.9 Å². The second kappa shape index (κ2) is 3.01. The summed E-state index contributed by atoms with van der Waals surface area (Å²) in [5.74, 6) is 0.0268. The van der Waals surface area contributed by atoms with Gasteiger partial charge in [0.1, 0.15) is 0 Å². The molecule has 5 nitrogen and oxygen atoms in total. The van der Waals surface area contributed by atoms with Crippen LogP contribution in [-0.4, -0.2) is 27.1 Å². The highest BCUT2D eigenvalue weighted by molar-refractivity contribution is 5.73. The molecule has 0 fully saturated rings. The van der Waals surface area contributed by atoms with Crippen molar-refractivity contribution in [2.75, 3.05) is 6.54 Å². The first-order valence-corrected chi connectivity index (χ1v) is 4.62. The van der Waals surface area contributed by atoms with Gasteiger partial charge in [-0.05, 0) is 0 Å². The van der Waals surface area contributed by atoms with Crippen LogP contribution in [0.4, 0.5) is 0 Å². The predicted molar refractivity (Wildman–Crippen MR) is 50.8 cm³/mol. The number of amides is 1. The summed E-state index contributed by atoms with van der Waals surface area (Å²) >= 11 is 0. The van der Waals surface area contributed by atoms with Gasteiger partial charge in [0.25, 0.3) is 5.56 Å². The predicted octanol–water partition coefficient (Wildman–Crippen LogP) is -0.382. The number of carbonyl (C=O) groups excluding carboxylic acids is 1. The van der Waals surface area contributed by atoms with E-state index in [0.29, 0.717) is 13.1 Å². The van der Waals surface area contributed by atoms with E-state index in [1.807, 2.05) is 0 Å². The number of fused-ring (bicyclic) bond motifs is 1. The summed E-state index contributed by atoms with van der Waals surface area (Å²) < 4.78 is 1.47. The van der Waals surface area contributed by atoms with Crippen LogP contribution < -0.4 is 5.56 Å². The summed E-state index contributed by atoms with van der Waals surface area (Å²) in [6, 6.07) is 0. The van der Waals surface area contributed by atoms with Gasteiger partial charge in [0.2, 0.25) is 5.91 Å². The highest BCUT2D eigenvalue weighted by Gasteiger charge is 2.22. The van der Waals surface area contributed by atoms with Crippen molar-refractivity contribution >= 4 is 5.91 Å². The average Bonchev–Trinajstić information content (AvgIpc) is 2.43. The third-order valence-corrected chi connectivity index (χ3v) is 2.66. The minimum atomic E-state index is -0.0223. The third kappa shape index (κ3) is 1.25. The SMILES string of the molecule is CC(=O)N1CCc2[nH]n(C)c(=O)c2C1. The largest absolute Gasteiger partial charge is 0.338 e. The van der Waals surface area contributed by atoms with Gasteiger partial charge >= 0.3 is 0 Å². The number of aromatic nitrogens is 2. The third-order valence-electron chi connectivity index (χ3n) is 2.66. The molecule has 0 atom stereocenters. The Kier molecular flexibility index (Phi) is 1.94. The van der Waals surface area contributed by atoms with Crippen molar-refractivity contribution in [1.82, 2.24) is 14.7 Å². The maximum atomic E-state index is 11.6. The molecule has 0 aliphatic carbocycles. The number of hydrogen-bond donors (Lipinski definition) is 1. The Balaban J connectivity index is 2.38. The fourth-order valence-electron chi connectivity index (χ4n) is 1.81. The fraction of sp³-hybridized carbons (Fsp3) is 0.556. The zero-order valence-electron chi connectivity index (χ0n) is 8.33. The number of aryl methyl sites for hydroxylation is 1. The summed E-state index contributed by atoms with van der Waals surface area (Å²) in [6.07, 6.45) is 0.741. The Hall–Kier alpha value is -1.52. The molecule has 0 aromatic carbocycles. The second-order valence-corrected chi connectivity index (χ2v) is 3.62. The van der Waals surface area contributed by atoms with E-state index in [4.69, 9.17) is 0 Å². The molecule has 0 saturated heterocycles. The van der Waals surface area contributed by atoms with Gasteiger partial charge in [-0.25, -0.2) is 0 Å². The van der Waals surface area contributed by atoms with E-state index in [1.165, 1.54) is 11.6 Å². The van der Waals surface area contributed by atoms with Crippen LogP contribution in [0.3, 0.4) is 0 Å². The first-order chi connectivity index (χ1) is 6.59. The smallest absolute Gasteiger partial charge is 0.271 e. The van der Waals surface area contributed by atoms with Crippen LogP contribution in [0.2, 0.25) is 0 Å². The zero-order valence-corrected chi connectivity index (χ0v) is 8.33. The van der Waals surface area contributed by atoms with E-state index in [9.17, 15) is 9.59 Å². The van der Waals surface area contributed by atoms with Gasteiger partial charge in [-0.1, -0.05) is 0 Å². The Labute approximate surface area is 81.3 Å². The van der Waals surface area contributed by atoms with Crippen LogP contribution in [0, 0.1) is 0 Å². The Morgan fingerprint density at radius 3 is 2.86 bits per heavy atom. The molecule has 1 aromatic heterocycles. The number of aromatic amines is 1. The van der Waals surface area contributed by atoms with E-state index in [0.717, 1.165) is 17.7 Å². The van der Waals surface area contributed by atoms with Crippen molar-refractivity contribution in [2.24, 2.45) is 7.05 Å². The Morgan fingerprint density at radius 1 is 1.50 bits per heavy atom. The number of carbonyl (C=O) groups is 1. The standard InChI is InChI=1S/C9H13N3O2/c1-6(13)12-4-3-8-7(5-12)9(14)11(2)10-8/h10H,3-5H2,1-2H3. The summed E-state index contributed by atoms with van der Waals surface area (Å²) in [5, 5.41) is 2.99. The van der Waals surface area contributed by atoms with E-state index in [1.54, 1.807) is 11.9 Å². The molecule has 1 aliphatic heterocycles. The monoisotopic (exact) mass is 195 g/mol. The molecule has 2 rings (SSSR count). The van der Waals surface area contributed by atoms with Crippen molar-refractivity contribution in [3.05, 3.63) is 21.6 Å². The Morgan fingerprint density at radius 2 is 2.21 bits per heavy atom. The van der Waals surface area contributed by atoms with Crippen molar-refractivity contribution in [1.29, 1.82) is 0 Å². The van der Waals surface area contributed by atoms with E-state index in [2.05, 4.69) is 5.10 Å². The molecule has 5 heteroatoms. The molecule has 2 heterocycles. The van der Waals surface area contributed by atoms with E-state index in [-0.39, 0.29) is 11.5 Å². The summed E-state index contributed by atoms with van der Waals surface area (Å²) in [6.45, 7) is 2.67. The fourth-order valence-corrected chi connectivity index (χ4v) is 1.81. The van der Waals surface area contributed by atoms with Gasteiger partial charge in [-0.15, -0.1) is 0 Å². The maximum Gasteiger partial charge on any atom is 0.271 e. The lowest BCUT2D eigenvalue weighted by Gasteiger charge is -2.24. The lowest BCUT2D eigenvalue weighted by atomic mass is 10.1. The summed E-state index contributed by atoms with van der Waals surface area (Å²) in [5.41, 5.74) is 1.68. The van der Waals surface area contributed by atoms with Crippen LogP contribution in [0.25, 0.3) is 0 Å². The number of nitrogens with zero attached hydrogens (tertiary/aromatic N) is 2. The molecule has 14 heavy (non-hydrogen) atoms. The minimum absolute atomic E-state index is 0.0223. The molecule has 0 saturated carbocycles. The van der Waals surface area contributed by atoms with Crippen LogP contribution >= 0.6 is 0 Å². The van der Waals surface area contributed by atoms with Gasteiger partial charge in [-0.3, -0.25) is 19.4 Å². The molecule has 1 N–H and O–H groups in total. The molecule has 0 unspecified atom stereocenters. The zero-order chi connectivity index (χ0) is 10.3. The van der Waals surface area contributed by atoms with Crippen LogP contribution in [0.15, 0.2) is 4.79 Å². The van der Waals surface area contributed by atoms with Crippen LogP contribution in [-0.2, 0) is 24.8 Å². The molecule has 76 valence electrons. The van der Waals surface area contributed by atoms with Gasteiger partial charge < -0.3 is 4.90 Å². The number of hydrogen-bond acceptors (Lipinski definition) is 2. The van der Waals surface area contributed by atoms with Crippen molar-refractivity contribution in [3.8, 4) is 0 Å². The second-order valence-electron chi connectivity index (χ2n) is 3.62. The first-order valence-electron chi connectivity index (χ1n) is 4.62.